The van der Waals surface area contributed by atoms with Crippen LogP contribution >= 0.6 is 11.3 Å². The fraction of sp³-hybridized carbons (Fsp3) is 0. The highest BCUT2D eigenvalue weighted by molar-refractivity contribution is 7.12. The second-order valence-corrected chi connectivity index (χ2v) is 3.69. The van der Waals surface area contributed by atoms with Crippen LogP contribution in [0.15, 0.2) is 29.8 Å². The summed E-state index contributed by atoms with van der Waals surface area (Å²) in [7, 11) is 0. The Morgan fingerprint density at radius 1 is 1.44 bits per heavy atom. The van der Waals surface area contributed by atoms with E-state index in [1.807, 2.05) is 0 Å². The average molecular weight is 234 g/mol. The van der Waals surface area contributed by atoms with Crippen LogP contribution in [0.25, 0.3) is 0 Å². The summed E-state index contributed by atoms with van der Waals surface area (Å²) >= 11 is 1.27. The van der Waals surface area contributed by atoms with E-state index in [-0.39, 0.29) is 11.7 Å². The molecule has 0 saturated heterocycles. The summed E-state index contributed by atoms with van der Waals surface area (Å²) in [6.45, 7) is 0. The van der Waals surface area contributed by atoms with E-state index in [1.165, 1.54) is 23.6 Å². The van der Waals surface area contributed by atoms with Crippen molar-refractivity contribution < 1.29 is 14.3 Å². The lowest BCUT2D eigenvalue weighted by molar-refractivity contribution is 0.0731. The number of esters is 1. The number of rotatable bonds is 3. The van der Waals surface area contributed by atoms with Gasteiger partial charge in [-0.25, -0.2) is 9.78 Å². The third-order valence-electron chi connectivity index (χ3n) is 1.67. The van der Waals surface area contributed by atoms with Crippen molar-refractivity contribution in [2.75, 3.05) is 0 Å². The number of carbonyl (C=O) groups excluding carboxylic acids is 2. The molecule has 0 N–H and O–H groups in total. The Hall–Kier alpha value is -2.08. The first kappa shape index (κ1) is 10.4. The van der Waals surface area contributed by atoms with Gasteiger partial charge in [0.1, 0.15) is 4.88 Å². The molecular weight excluding hydrogens is 228 g/mol. The Morgan fingerprint density at radius 3 is 3.00 bits per heavy atom. The smallest absolute Gasteiger partial charge is 0.355 e. The van der Waals surface area contributed by atoms with Gasteiger partial charge in [-0.2, -0.15) is 4.98 Å². The lowest BCUT2D eigenvalue weighted by Gasteiger charge is -2.00. The first-order chi connectivity index (χ1) is 7.79. The number of aromatic nitrogens is 2. The molecule has 0 aliphatic carbocycles. The fourth-order valence-electron chi connectivity index (χ4n) is 1.01. The number of hydrogen-bond donors (Lipinski definition) is 0. The highest BCUT2D eigenvalue weighted by Gasteiger charge is 2.10. The Balaban J connectivity index is 2.15. The van der Waals surface area contributed by atoms with E-state index in [0.717, 1.165) is 0 Å². The van der Waals surface area contributed by atoms with E-state index in [4.69, 9.17) is 4.74 Å². The van der Waals surface area contributed by atoms with Crippen molar-refractivity contribution in [2.24, 2.45) is 0 Å². The van der Waals surface area contributed by atoms with Crippen LogP contribution < -0.4 is 4.74 Å². The van der Waals surface area contributed by atoms with Crippen LogP contribution in [0.1, 0.15) is 20.3 Å². The molecule has 80 valence electrons. The second-order valence-electron chi connectivity index (χ2n) is 2.74. The number of hydrogen-bond acceptors (Lipinski definition) is 6. The summed E-state index contributed by atoms with van der Waals surface area (Å²) in [5, 5.41) is 1.77. The third-order valence-corrected chi connectivity index (χ3v) is 2.52. The molecule has 2 rings (SSSR count). The van der Waals surface area contributed by atoms with Crippen molar-refractivity contribution in [1.82, 2.24) is 9.97 Å². The van der Waals surface area contributed by atoms with Crippen LogP contribution in [0.4, 0.5) is 0 Å². The van der Waals surface area contributed by atoms with Gasteiger partial charge in [0, 0.05) is 12.3 Å². The Morgan fingerprint density at radius 2 is 2.31 bits per heavy atom. The monoisotopic (exact) mass is 234 g/mol. The fourth-order valence-corrected chi connectivity index (χ4v) is 1.61. The predicted molar refractivity (Wildman–Crippen MR) is 56.7 cm³/mol. The summed E-state index contributed by atoms with van der Waals surface area (Å²) < 4.78 is 4.96. The van der Waals surface area contributed by atoms with Crippen molar-refractivity contribution in [1.29, 1.82) is 0 Å². The van der Waals surface area contributed by atoms with Crippen LogP contribution in [-0.2, 0) is 0 Å². The van der Waals surface area contributed by atoms with Gasteiger partial charge in [0.15, 0.2) is 12.1 Å². The van der Waals surface area contributed by atoms with Crippen LogP contribution in [0.3, 0.4) is 0 Å². The predicted octanol–water partition coefficient (Wildman–Crippen LogP) is 1.57. The maximum Gasteiger partial charge on any atom is 0.355 e. The SMILES string of the molecule is O=Cc1nccc(OC(=O)c2cccs2)n1. The summed E-state index contributed by atoms with van der Waals surface area (Å²) in [5.74, 6) is -0.447. The molecule has 0 spiro atoms. The second kappa shape index (κ2) is 4.63. The van der Waals surface area contributed by atoms with Gasteiger partial charge in [0.05, 0.1) is 0 Å². The van der Waals surface area contributed by atoms with Gasteiger partial charge in [-0.05, 0) is 11.4 Å². The molecule has 0 aromatic carbocycles. The minimum atomic E-state index is -0.495. The van der Waals surface area contributed by atoms with E-state index in [9.17, 15) is 9.59 Å². The third kappa shape index (κ3) is 2.29. The molecule has 16 heavy (non-hydrogen) atoms. The molecule has 0 amide bonds. The molecular formula is C10H6N2O3S. The Kier molecular flexibility index (Phi) is 3.02. The van der Waals surface area contributed by atoms with Gasteiger partial charge >= 0.3 is 5.97 Å². The molecule has 0 radical (unpaired) electrons. The maximum absolute atomic E-state index is 11.5. The molecule has 0 unspecified atom stereocenters. The van der Waals surface area contributed by atoms with Gasteiger partial charge in [-0.15, -0.1) is 11.3 Å². The number of thiophene rings is 1. The molecule has 6 heteroatoms. The van der Waals surface area contributed by atoms with Gasteiger partial charge in [-0.3, -0.25) is 4.79 Å². The lowest BCUT2D eigenvalue weighted by atomic mass is 10.5. The molecule has 0 bridgehead atoms. The minimum absolute atomic E-state index is 0.0171. The van der Waals surface area contributed by atoms with E-state index in [1.54, 1.807) is 17.5 Å². The quantitative estimate of drug-likeness (QED) is 0.595. The zero-order valence-corrected chi connectivity index (χ0v) is 8.81. The van der Waals surface area contributed by atoms with Crippen molar-refractivity contribution in [3.05, 3.63) is 40.5 Å². The van der Waals surface area contributed by atoms with Crippen LogP contribution in [0, 0.1) is 0 Å². The van der Waals surface area contributed by atoms with E-state index in [2.05, 4.69) is 9.97 Å². The number of carbonyl (C=O) groups is 2. The van der Waals surface area contributed by atoms with Gasteiger partial charge in [-0.1, -0.05) is 6.07 Å². The Labute approximate surface area is 94.7 Å². The van der Waals surface area contributed by atoms with Gasteiger partial charge < -0.3 is 4.74 Å². The van der Waals surface area contributed by atoms with Crippen LogP contribution in [0.2, 0.25) is 0 Å². The zero-order valence-electron chi connectivity index (χ0n) is 7.99. The molecule has 2 aromatic rings. The lowest BCUT2D eigenvalue weighted by Crippen LogP contribution is -2.08. The van der Waals surface area contributed by atoms with Crippen molar-refractivity contribution in [3.8, 4) is 5.88 Å². The Bertz CT molecular complexity index is 511. The van der Waals surface area contributed by atoms with E-state index in [0.29, 0.717) is 11.2 Å². The molecule has 0 aliphatic heterocycles. The molecule has 0 saturated carbocycles. The number of nitrogens with zero attached hydrogens (tertiary/aromatic N) is 2. The minimum Gasteiger partial charge on any atom is -0.403 e. The highest BCUT2D eigenvalue weighted by Crippen LogP contribution is 2.12. The molecule has 0 atom stereocenters. The van der Waals surface area contributed by atoms with Crippen molar-refractivity contribution in [2.45, 2.75) is 0 Å². The number of ether oxygens (including phenoxy) is 1. The molecule has 2 aromatic heterocycles. The first-order valence-corrected chi connectivity index (χ1v) is 5.21. The molecule has 0 aliphatic rings. The summed E-state index contributed by atoms with van der Waals surface area (Å²) in [6.07, 6.45) is 1.84. The molecule has 2 heterocycles. The summed E-state index contributed by atoms with van der Waals surface area (Å²) in [4.78, 5) is 29.8. The number of aldehydes is 1. The largest absolute Gasteiger partial charge is 0.403 e. The van der Waals surface area contributed by atoms with Gasteiger partial charge in [0.25, 0.3) is 0 Å². The molecule has 5 nitrogen and oxygen atoms in total. The maximum atomic E-state index is 11.5. The summed E-state index contributed by atoms with van der Waals surface area (Å²) in [6, 6.07) is 4.81. The molecule has 0 fully saturated rings. The summed E-state index contributed by atoms with van der Waals surface area (Å²) in [5.41, 5.74) is 0. The average Bonchev–Trinajstić information content (AvgIpc) is 2.83. The van der Waals surface area contributed by atoms with Crippen LogP contribution in [0.5, 0.6) is 5.88 Å². The van der Waals surface area contributed by atoms with Crippen molar-refractivity contribution in [3.63, 3.8) is 0 Å². The standard InChI is InChI=1S/C10H6N2O3S/c13-6-8-11-4-3-9(12-8)15-10(14)7-2-1-5-16-7/h1-6H. The van der Waals surface area contributed by atoms with Gasteiger partial charge in [0.2, 0.25) is 5.88 Å². The highest BCUT2D eigenvalue weighted by atomic mass is 32.1. The normalized spacial score (nSPS) is 9.75. The zero-order chi connectivity index (χ0) is 11.4. The van der Waals surface area contributed by atoms with E-state index < -0.39 is 5.97 Å². The first-order valence-electron chi connectivity index (χ1n) is 4.33. The topological polar surface area (TPSA) is 69.2 Å². The van der Waals surface area contributed by atoms with Crippen molar-refractivity contribution >= 4 is 23.6 Å². The van der Waals surface area contributed by atoms with Crippen LogP contribution in [-0.4, -0.2) is 22.2 Å². The van der Waals surface area contributed by atoms with E-state index >= 15 is 0 Å².